The Hall–Kier alpha value is -0.230. The first-order valence-electron chi connectivity index (χ1n) is 3.84. The van der Waals surface area contributed by atoms with Crippen LogP contribution in [0.2, 0.25) is 0 Å². The van der Waals surface area contributed by atoms with Crippen LogP contribution in [0.1, 0.15) is 6.92 Å². The molecule has 0 aromatic heterocycles. The molecule has 3 N–H and O–H groups in total. The maximum Gasteiger partial charge on any atom is 0.154 e. The molecule has 1 rings (SSSR count). The molecule has 0 aliphatic carbocycles. The molecule has 0 unspecified atom stereocenters. The highest BCUT2D eigenvalue weighted by atomic mass is 19.1. The molecule has 0 radical (unpaired) electrons. The van der Waals surface area contributed by atoms with Gasteiger partial charge in [0.1, 0.15) is 18.3 Å². The minimum atomic E-state index is -1.59. The predicted octanol–water partition coefficient (Wildman–Crippen LogP) is -1.17. The van der Waals surface area contributed by atoms with Crippen molar-refractivity contribution in [2.75, 3.05) is 6.61 Å². The molecule has 0 aromatic rings. The van der Waals surface area contributed by atoms with E-state index in [1.54, 1.807) is 0 Å². The Morgan fingerprint density at radius 2 is 1.92 bits per heavy atom. The van der Waals surface area contributed by atoms with Crippen LogP contribution >= 0.6 is 0 Å². The van der Waals surface area contributed by atoms with Crippen LogP contribution in [0.15, 0.2) is 0 Å². The number of aliphatic hydroxyl groups excluding tert-OH is 3. The summed E-state index contributed by atoms with van der Waals surface area (Å²) in [6, 6.07) is 0. The smallest absolute Gasteiger partial charge is 0.154 e. The van der Waals surface area contributed by atoms with E-state index in [0.717, 1.165) is 0 Å². The summed E-state index contributed by atoms with van der Waals surface area (Å²) >= 11 is 0. The summed E-state index contributed by atoms with van der Waals surface area (Å²) in [6.45, 7) is 1.03. The third-order valence-electron chi connectivity index (χ3n) is 2.07. The Bertz CT molecular complexity index is 150. The van der Waals surface area contributed by atoms with Gasteiger partial charge in [-0.05, 0) is 6.92 Å². The summed E-state index contributed by atoms with van der Waals surface area (Å²) in [5.41, 5.74) is 0. The van der Waals surface area contributed by atoms with E-state index < -0.39 is 37.2 Å². The third kappa shape index (κ3) is 1.59. The molecular formula is C7H13FO4. The van der Waals surface area contributed by atoms with Gasteiger partial charge in [0.15, 0.2) is 6.17 Å². The van der Waals surface area contributed by atoms with Gasteiger partial charge in [-0.2, -0.15) is 0 Å². The van der Waals surface area contributed by atoms with Crippen molar-refractivity contribution in [3.05, 3.63) is 0 Å². The molecule has 0 saturated carbocycles. The Labute approximate surface area is 69.6 Å². The standard InChI is InChI=1S/C7H13FO4/c1-3-5(8)7(11)6(10)4(2-9)12-3/h3-7,9-11H,2H2,1H3/t3-,4+,5-,6+,7+/m0/s1. The number of rotatable bonds is 1. The van der Waals surface area contributed by atoms with Crippen LogP contribution in [-0.2, 0) is 4.74 Å². The van der Waals surface area contributed by atoms with E-state index in [4.69, 9.17) is 20.1 Å². The number of hydrogen-bond donors (Lipinski definition) is 3. The van der Waals surface area contributed by atoms with E-state index in [9.17, 15) is 4.39 Å². The Morgan fingerprint density at radius 3 is 2.42 bits per heavy atom. The molecule has 1 heterocycles. The molecule has 1 saturated heterocycles. The lowest BCUT2D eigenvalue weighted by atomic mass is 9.97. The number of halogens is 1. The average molecular weight is 180 g/mol. The van der Waals surface area contributed by atoms with Crippen LogP contribution in [0.25, 0.3) is 0 Å². The van der Waals surface area contributed by atoms with E-state index in [2.05, 4.69) is 0 Å². The van der Waals surface area contributed by atoms with Gasteiger partial charge in [0.2, 0.25) is 0 Å². The SMILES string of the molecule is C[C@@H]1O[C@H](CO)[C@@H](O)[C@H](O)[C@H]1F. The van der Waals surface area contributed by atoms with Gasteiger partial charge in [-0.1, -0.05) is 0 Å². The topological polar surface area (TPSA) is 69.9 Å². The van der Waals surface area contributed by atoms with Crippen LogP contribution in [0.4, 0.5) is 4.39 Å². The van der Waals surface area contributed by atoms with Gasteiger partial charge in [-0.3, -0.25) is 0 Å². The Kier molecular flexibility index (Phi) is 3.00. The number of aliphatic hydroxyl groups is 3. The van der Waals surface area contributed by atoms with Crippen LogP contribution < -0.4 is 0 Å². The van der Waals surface area contributed by atoms with E-state index >= 15 is 0 Å². The van der Waals surface area contributed by atoms with Gasteiger partial charge in [-0.25, -0.2) is 4.39 Å². The minimum Gasteiger partial charge on any atom is -0.394 e. The molecule has 0 spiro atoms. The summed E-state index contributed by atoms with van der Waals surface area (Å²) in [5, 5.41) is 26.9. The van der Waals surface area contributed by atoms with E-state index in [-0.39, 0.29) is 0 Å². The number of ether oxygens (including phenoxy) is 1. The zero-order valence-corrected chi connectivity index (χ0v) is 6.72. The second-order valence-corrected chi connectivity index (χ2v) is 2.99. The van der Waals surface area contributed by atoms with Crippen molar-refractivity contribution in [2.45, 2.75) is 37.5 Å². The quantitative estimate of drug-likeness (QED) is 0.475. The molecule has 1 aliphatic rings. The molecule has 72 valence electrons. The highest BCUT2D eigenvalue weighted by molar-refractivity contribution is 4.90. The first-order chi connectivity index (χ1) is 5.57. The zero-order valence-electron chi connectivity index (χ0n) is 6.72. The van der Waals surface area contributed by atoms with Gasteiger partial charge in [0.25, 0.3) is 0 Å². The van der Waals surface area contributed by atoms with Crippen LogP contribution in [0.3, 0.4) is 0 Å². The van der Waals surface area contributed by atoms with Crippen molar-refractivity contribution in [2.24, 2.45) is 0 Å². The van der Waals surface area contributed by atoms with Crippen molar-refractivity contribution in [1.29, 1.82) is 0 Å². The summed E-state index contributed by atoms with van der Waals surface area (Å²) in [6.07, 6.45) is -6.09. The summed E-state index contributed by atoms with van der Waals surface area (Å²) in [5.74, 6) is 0. The number of hydrogen-bond acceptors (Lipinski definition) is 4. The van der Waals surface area contributed by atoms with Crippen molar-refractivity contribution >= 4 is 0 Å². The first kappa shape index (κ1) is 9.85. The van der Waals surface area contributed by atoms with Crippen LogP contribution in [-0.4, -0.2) is 52.5 Å². The van der Waals surface area contributed by atoms with Crippen molar-refractivity contribution in [1.82, 2.24) is 0 Å². The van der Waals surface area contributed by atoms with E-state index in [1.165, 1.54) is 6.92 Å². The minimum absolute atomic E-state index is 0.421. The third-order valence-corrected chi connectivity index (χ3v) is 2.07. The largest absolute Gasteiger partial charge is 0.394 e. The van der Waals surface area contributed by atoms with E-state index in [0.29, 0.717) is 0 Å². The van der Waals surface area contributed by atoms with Gasteiger partial charge in [0.05, 0.1) is 12.7 Å². The summed E-state index contributed by atoms with van der Waals surface area (Å²) < 4.78 is 17.8. The highest BCUT2D eigenvalue weighted by Crippen LogP contribution is 2.22. The van der Waals surface area contributed by atoms with Crippen molar-refractivity contribution < 1.29 is 24.4 Å². The lowest BCUT2D eigenvalue weighted by Crippen LogP contribution is -2.56. The van der Waals surface area contributed by atoms with Gasteiger partial charge in [0, 0.05) is 0 Å². The molecule has 1 aliphatic heterocycles. The molecule has 0 bridgehead atoms. The van der Waals surface area contributed by atoms with Gasteiger partial charge in [-0.15, -0.1) is 0 Å². The van der Waals surface area contributed by atoms with Gasteiger partial charge >= 0.3 is 0 Å². The lowest BCUT2D eigenvalue weighted by Gasteiger charge is -2.37. The average Bonchev–Trinajstić information content (AvgIpc) is 2.08. The second kappa shape index (κ2) is 3.66. The van der Waals surface area contributed by atoms with Crippen molar-refractivity contribution in [3.8, 4) is 0 Å². The Morgan fingerprint density at radius 1 is 1.33 bits per heavy atom. The highest BCUT2D eigenvalue weighted by Gasteiger charge is 2.42. The van der Waals surface area contributed by atoms with Crippen molar-refractivity contribution in [3.63, 3.8) is 0 Å². The molecular weight excluding hydrogens is 167 g/mol. The lowest BCUT2D eigenvalue weighted by molar-refractivity contribution is -0.207. The maximum atomic E-state index is 12.9. The maximum absolute atomic E-state index is 12.9. The molecule has 0 amide bonds. The Balaban J connectivity index is 2.63. The monoisotopic (exact) mass is 180 g/mol. The molecule has 4 nitrogen and oxygen atoms in total. The fraction of sp³-hybridized carbons (Fsp3) is 1.00. The molecule has 5 atom stereocenters. The normalized spacial score (nSPS) is 49.2. The summed E-state index contributed by atoms with van der Waals surface area (Å²) in [4.78, 5) is 0. The van der Waals surface area contributed by atoms with Crippen LogP contribution in [0.5, 0.6) is 0 Å². The second-order valence-electron chi connectivity index (χ2n) is 2.99. The fourth-order valence-corrected chi connectivity index (χ4v) is 1.27. The predicted molar refractivity (Wildman–Crippen MR) is 38.3 cm³/mol. The first-order valence-corrected chi connectivity index (χ1v) is 3.84. The molecule has 0 aromatic carbocycles. The van der Waals surface area contributed by atoms with E-state index in [1.807, 2.05) is 0 Å². The molecule has 1 fully saturated rings. The number of alkyl halides is 1. The van der Waals surface area contributed by atoms with Crippen LogP contribution in [0, 0.1) is 0 Å². The molecule has 5 heteroatoms. The summed E-state index contributed by atoms with van der Waals surface area (Å²) in [7, 11) is 0. The fourth-order valence-electron chi connectivity index (χ4n) is 1.27. The van der Waals surface area contributed by atoms with Gasteiger partial charge < -0.3 is 20.1 Å². The molecule has 12 heavy (non-hydrogen) atoms. The zero-order chi connectivity index (χ0) is 9.30.